The van der Waals surface area contributed by atoms with Crippen LogP contribution in [0, 0.1) is 0 Å². The van der Waals surface area contributed by atoms with E-state index in [1.165, 1.54) is 15.3 Å². The number of aryl methyl sites for hydroxylation is 1. The number of hydrogen-bond donors (Lipinski definition) is 1. The molecule has 2 aromatic heterocycles. The monoisotopic (exact) mass is 237 g/mol. The van der Waals surface area contributed by atoms with Crippen molar-refractivity contribution in [3.63, 3.8) is 0 Å². The fourth-order valence-corrected chi connectivity index (χ4v) is 3.47. The van der Waals surface area contributed by atoms with Crippen LogP contribution in [0.2, 0.25) is 0 Å². The SMILES string of the molecule is CCc1ccsc1C(N)Cc1cccs1. The van der Waals surface area contributed by atoms with Crippen molar-refractivity contribution >= 4 is 22.7 Å². The summed E-state index contributed by atoms with van der Waals surface area (Å²) < 4.78 is 0. The fraction of sp³-hybridized carbons (Fsp3) is 0.333. The molecule has 2 N–H and O–H groups in total. The zero-order valence-corrected chi connectivity index (χ0v) is 10.4. The van der Waals surface area contributed by atoms with Crippen LogP contribution in [-0.2, 0) is 12.8 Å². The van der Waals surface area contributed by atoms with Gasteiger partial charge in [0.25, 0.3) is 0 Å². The van der Waals surface area contributed by atoms with Crippen LogP contribution < -0.4 is 5.73 Å². The summed E-state index contributed by atoms with van der Waals surface area (Å²) in [6, 6.07) is 6.60. The standard InChI is InChI=1S/C12H15NS2/c1-2-9-5-7-15-12(9)11(13)8-10-4-3-6-14-10/h3-7,11H,2,8,13H2,1H3. The summed E-state index contributed by atoms with van der Waals surface area (Å²) in [6.07, 6.45) is 2.04. The molecule has 0 aromatic carbocycles. The molecule has 2 aromatic rings. The molecule has 0 saturated carbocycles. The van der Waals surface area contributed by atoms with Crippen LogP contribution in [0.3, 0.4) is 0 Å². The highest BCUT2D eigenvalue weighted by atomic mass is 32.1. The van der Waals surface area contributed by atoms with Gasteiger partial charge in [-0.25, -0.2) is 0 Å². The molecule has 1 unspecified atom stereocenters. The molecule has 1 nitrogen and oxygen atoms in total. The summed E-state index contributed by atoms with van der Waals surface area (Å²) in [5.41, 5.74) is 7.63. The molecule has 3 heteroatoms. The topological polar surface area (TPSA) is 26.0 Å². The average molecular weight is 237 g/mol. The summed E-state index contributed by atoms with van der Waals surface area (Å²) in [7, 11) is 0. The molecular weight excluding hydrogens is 222 g/mol. The molecule has 80 valence electrons. The molecule has 0 amide bonds. The maximum absolute atomic E-state index is 6.22. The first-order chi connectivity index (χ1) is 7.31. The van der Waals surface area contributed by atoms with Crippen LogP contribution in [-0.4, -0.2) is 0 Å². The Kier molecular flexibility index (Phi) is 3.57. The predicted octanol–water partition coefficient (Wildman–Crippen LogP) is 3.61. The molecule has 2 heterocycles. The van der Waals surface area contributed by atoms with Crippen LogP contribution in [0.5, 0.6) is 0 Å². The Balaban J connectivity index is 2.11. The molecule has 0 aliphatic heterocycles. The predicted molar refractivity (Wildman–Crippen MR) is 68.6 cm³/mol. The van der Waals surface area contributed by atoms with Gasteiger partial charge in [-0.05, 0) is 34.9 Å². The van der Waals surface area contributed by atoms with Gasteiger partial charge in [-0.1, -0.05) is 13.0 Å². The van der Waals surface area contributed by atoms with Crippen molar-refractivity contribution in [3.05, 3.63) is 44.3 Å². The second-order valence-corrected chi connectivity index (χ2v) is 5.53. The van der Waals surface area contributed by atoms with Crippen molar-refractivity contribution < 1.29 is 0 Å². The van der Waals surface area contributed by atoms with Crippen LogP contribution in [0.4, 0.5) is 0 Å². The lowest BCUT2D eigenvalue weighted by atomic mass is 10.1. The highest BCUT2D eigenvalue weighted by Crippen LogP contribution is 2.27. The van der Waals surface area contributed by atoms with Crippen LogP contribution in [0.15, 0.2) is 29.0 Å². The molecule has 2 rings (SSSR count). The van der Waals surface area contributed by atoms with Gasteiger partial charge in [0.15, 0.2) is 0 Å². The maximum Gasteiger partial charge on any atom is 0.0441 e. The van der Waals surface area contributed by atoms with Crippen molar-refractivity contribution in [3.8, 4) is 0 Å². The van der Waals surface area contributed by atoms with E-state index in [2.05, 4.69) is 35.9 Å². The maximum atomic E-state index is 6.22. The molecule has 15 heavy (non-hydrogen) atoms. The third-order valence-corrected chi connectivity index (χ3v) is 4.49. The van der Waals surface area contributed by atoms with E-state index in [1.807, 2.05) is 0 Å². The Morgan fingerprint density at radius 1 is 1.27 bits per heavy atom. The van der Waals surface area contributed by atoms with Gasteiger partial charge in [0, 0.05) is 22.2 Å². The van der Waals surface area contributed by atoms with Gasteiger partial charge in [0.2, 0.25) is 0 Å². The highest BCUT2D eigenvalue weighted by molar-refractivity contribution is 7.10. The lowest BCUT2D eigenvalue weighted by Gasteiger charge is -2.10. The first kappa shape index (κ1) is 10.9. The molecule has 0 saturated heterocycles. The number of thiophene rings is 2. The van der Waals surface area contributed by atoms with Gasteiger partial charge >= 0.3 is 0 Å². The van der Waals surface area contributed by atoms with Gasteiger partial charge < -0.3 is 5.73 Å². The van der Waals surface area contributed by atoms with E-state index in [1.54, 1.807) is 22.7 Å². The normalized spacial score (nSPS) is 12.9. The summed E-state index contributed by atoms with van der Waals surface area (Å²) in [6.45, 7) is 2.18. The van der Waals surface area contributed by atoms with Gasteiger partial charge in [-0.15, -0.1) is 22.7 Å². The van der Waals surface area contributed by atoms with Crippen molar-refractivity contribution in [2.45, 2.75) is 25.8 Å². The van der Waals surface area contributed by atoms with Crippen LogP contribution in [0.1, 0.15) is 28.3 Å². The van der Waals surface area contributed by atoms with E-state index in [0.29, 0.717) is 0 Å². The number of rotatable bonds is 4. The Bertz CT molecular complexity index is 403. The third-order valence-electron chi connectivity index (χ3n) is 2.50. The zero-order chi connectivity index (χ0) is 10.7. The lowest BCUT2D eigenvalue weighted by molar-refractivity contribution is 0.736. The Morgan fingerprint density at radius 2 is 2.13 bits per heavy atom. The van der Waals surface area contributed by atoms with E-state index < -0.39 is 0 Å². The van der Waals surface area contributed by atoms with Gasteiger partial charge in [0.1, 0.15) is 0 Å². The second kappa shape index (κ2) is 4.92. The minimum Gasteiger partial charge on any atom is -0.323 e. The molecule has 0 fully saturated rings. The molecule has 0 aliphatic rings. The van der Waals surface area contributed by atoms with E-state index in [9.17, 15) is 0 Å². The molecule has 0 radical (unpaired) electrons. The van der Waals surface area contributed by atoms with Gasteiger partial charge in [-0.3, -0.25) is 0 Å². The fourth-order valence-electron chi connectivity index (χ4n) is 1.70. The summed E-state index contributed by atoms with van der Waals surface area (Å²) in [5.74, 6) is 0. The smallest absolute Gasteiger partial charge is 0.0441 e. The second-order valence-electron chi connectivity index (χ2n) is 3.55. The van der Waals surface area contributed by atoms with Gasteiger partial charge in [-0.2, -0.15) is 0 Å². The first-order valence-electron chi connectivity index (χ1n) is 5.15. The molecule has 0 bridgehead atoms. The zero-order valence-electron chi connectivity index (χ0n) is 8.77. The van der Waals surface area contributed by atoms with Crippen LogP contribution in [0.25, 0.3) is 0 Å². The highest BCUT2D eigenvalue weighted by Gasteiger charge is 2.12. The summed E-state index contributed by atoms with van der Waals surface area (Å²) in [4.78, 5) is 2.73. The van der Waals surface area contributed by atoms with Crippen molar-refractivity contribution in [2.75, 3.05) is 0 Å². The third kappa shape index (κ3) is 2.48. The number of nitrogens with two attached hydrogens (primary N) is 1. The lowest BCUT2D eigenvalue weighted by Crippen LogP contribution is -2.12. The van der Waals surface area contributed by atoms with Gasteiger partial charge in [0.05, 0.1) is 0 Å². The van der Waals surface area contributed by atoms with Crippen molar-refractivity contribution in [1.29, 1.82) is 0 Å². The first-order valence-corrected chi connectivity index (χ1v) is 6.91. The van der Waals surface area contributed by atoms with E-state index in [4.69, 9.17) is 5.73 Å². The summed E-state index contributed by atoms with van der Waals surface area (Å²) in [5, 5.41) is 4.25. The molecule has 0 aliphatic carbocycles. The number of hydrogen-bond acceptors (Lipinski definition) is 3. The van der Waals surface area contributed by atoms with E-state index in [-0.39, 0.29) is 6.04 Å². The summed E-state index contributed by atoms with van der Waals surface area (Å²) >= 11 is 3.57. The quantitative estimate of drug-likeness (QED) is 0.863. The molecule has 1 atom stereocenters. The Morgan fingerprint density at radius 3 is 2.80 bits per heavy atom. The molecular formula is C12H15NS2. The van der Waals surface area contributed by atoms with E-state index in [0.717, 1.165) is 12.8 Å². The minimum atomic E-state index is 0.165. The molecule has 0 spiro atoms. The van der Waals surface area contributed by atoms with Crippen molar-refractivity contribution in [2.24, 2.45) is 5.73 Å². The minimum absolute atomic E-state index is 0.165. The Hall–Kier alpha value is -0.640. The largest absolute Gasteiger partial charge is 0.323 e. The van der Waals surface area contributed by atoms with E-state index >= 15 is 0 Å². The van der Waals surface area contributed by atoms with Crippen molar-refractivity contribution in [1.82, 2.24) is 0 Å². The average Bonchev–Trinajstić information content (AvgIpc) is 2.86. The Labute approximate surface area is 98.6 Å². The van der Waals surface area contributed by atoms with Crippen LogP contribution >= 0.6 is 22.7 Å².